The molecule has 4 rings (SSSR count). The third-order valence-corrected chi connectivity index (χ3v) is 5.18. The van der Waals surface area contributed by atoms with Crippen molar-refractivity contribution in [3.8, 4) is 39.2 Å². The van der Waals surface area contributed by atoms with Gasteiger partial charge in [0.25, 0.3) is 0 Å². The van der Waals surface area contributed by atoms with Crippen LogP contribution in [0.5, 0.6) is 17.2 Å². The summed E-state index contributed by atoms with van der Waals surface area (Å²) in [6.45, 7) is 2.06. The Kier molecular flexibility index (Phi) is 4.41. The summed E-state index contributed by atoms with van der Waals surface area (Å²) >= 11 is 1.48. The van der Waals surface area contributed by atoms with Gasteiger partial charge in [-0.05, 0) is 19.1 Å². The molecule has 0 radical (unpaired) electrons. The van der Waals surface area contributed by atoms with E-state index < -0.39 is 0 Å². The van der Waals surface area contributed by atoms with Crippen molar-refractivity contribution >= 4 is 16.3 Å². The lowest BCUT2D eigenvalue weighted by molar-refractivity contribution is 0.325. The summed E-state index contributed by atoms with van der Waals surface area (Å²) < 4.78 is 18.1. The van der Waals surface area contributed by atoms with Gasteiger partial charge >= 0.3 is 0 Å². The molecule has 7 nitrogen and oxygen atoms in total. The Balaban J connectivity index is 1.86. The second-order valence-electron chi connectivity index (χ2n) is 5.87. The number of fused-ring (bicyclic) bond motifs is 1. The first kappa shape index (κ1) is 17.3. The number of methoxy groups -OCH3 is 3. The summed E-state index contributed by atoms with van der Waals surface area (Å²) in [5.41, 5.74) is 2.97. The zero-order valence-electron chi connectivity index (χ0n) is 15.4. The summed E-state index contributed by atoms with van der Waals surface area (Å²) in [6.07, 6.45) is 0. The molecule has 0 spiro atoms. The minimum Gasteiger partial charge on any atom is -0.493 e. The zero-order chi connectivity index (χ0) is 19.0. The Bertz CT molecular complexity index is 1100. The largest absolute Gasteiger partial charge is 0.493 e. The molecule has 2 aromatic heterocycles. The van der Waals surface area contributed by atoms with Crippen LogP contribution < -0.4 is 14.2 Å². The predicted molar refractivity (Wildman–Crippen MR) is 104 cm³/mol. The number of ether oxygens (including phenoxy) is 3. The number of hydrogen-bond donors (Lipinski definition) is 0. The lowest BCUT2D eigenvalue weighted by atomic mass is 10.1. The molecule has 0 atom stereocenters. The maximum atomic E-state index is 5.58. The number of rotatable bonds is 5. The van der Waals surface area contributed by atoms with Crippen molar-refractivity contribution in [2.45, 2.75) is 6.92 Å². The van der Waals surface area contributed by atoms with Crippen molar-refractivity contribution in [3.05, 3.63) is 42.0 Å². The van der Waals surface area contributed by atoms with Crippen molar-refractivity contribution in [3.63, 3.8) is 0 Å². The molecule has 0 aliphatic heterocycles. The average Bonchev–Trinajstić information content (AvgIpc) is 3.28. The predicted octanol–water partition coefficient (Wildman–Crippen LogP) is 3.85. The van der Waals surface area contributed by atoms with Crippen LogP contribution in [0.15, 0.2) is 36.4 Å². The molecule has 2 aromatic carbocycles. The molecule has 0 saturated carbocycles. The first-order valence-corrected chi connectivity index (χ1v) is 9.06. The van der Waals surface area contributed by atoms with Crippen LogP contribution in [0.4, 0.5) is 0 Å². The van der Waals surface area contributed by atoms with E-state index in [2.05, 4.69) is 41.4 Å². The van der Waals surface area contributed by atoms with E-state index in [1.807, 2.05) is 12.1 Å². The molecule has 0 fully saturated rings. The molecule has 0 aliphatic rings. The van der Waals surface area contributed by atoms with Crippen LogP contribution in [-0.4, -0.2) is 41.1 Å². The second-order valence-corrected chi connectivity index (χ2v) is 6.83. The number of aryl methyl sites for hydroxylation is 1. The Labute approximate surface area is 160 Å². The van der Waals surface area contributed by atoms with E-state index in [0.29, 0.717) is 28.0 Å². The fourth-order valence-electron chi connectivity index (χ4n) is 2.88. The molecule has 0 saturated heterocycles. The maximum Gasteiger partial charge on any atom is 0.235 e. The Morgan fingerprint density at radius 2 is 1.59 bits per heavy atom. The number of hydrogen-bond acceptors (Lipinski definition) is 7. The van der Waals surface area contributed by atoms with Gasteiger partial charge < -0.3 is 14.2 Å². The summed E-state index contributed by atoms with van der Waals surface area (Å²) in [6, 6.07) is 11.9. The normalized spacial score (nSPS) is 11.0. The maximum absolute atomic E-state index is 5.58. The minimum atomic E-state index is 0.503. The Hall–Kier alpha value is -3.13. The third kappa shape index (κ3) is 2.87. The van der Waals surface area contributed by atoms with E-state index in [1.54, 1.807) is 25.8 Å². The molecular formula is C19H18N4O3S. The van der Waals surface area contributed by atoms with Gasteiger partial charge in [-0.1, -0.05) is 41.2 Å². The SMILES string of the molecule is COc1ccc(-c2nnc3sc(-c4ccc(C)cc4)nn23)c(OC)c1OC. The molecular weight excluding hydrogens is 364 g/mol. The van der Waals surface area contributed by atoms with Gasteiger partial charge in [0, 0.05) is 5.56 Å². The van der Waals surface area contributed by atoms with Gasteiger partial charge in [0.2, 0.25) is 10.7 Å². The average molecular weight is 382 g/mol. The first-order chi connectivity index (χ1) is 13.2. The summed E-state index contributed by atoms with van der Waals surface area (Å²) in [7, 11) is 4.74. The van der Waals surface area contributed by atoms with E-state index in [0.717, 1.165) is 16.1 Å². The van der Waals surface area contributed by atoms with Gasteiger partial charge in [0.1, 0.15) is 5.01 Å². The van der Waals surface area contributed by atoms with Crippen molar-refractivity contribution in [2.75, 3.05) is 21.3 Å². The molecule has 0 amide bonds. The fourth-order valence-corrected chi connectivity index (χ4v) is 3.72. The van der Waals surface area contributed by atoms with E-state index in [4.69, 9.17) is 19.3 Å². The summed E-state index contributed by atoms with van der Waals surface area (Å²) in [4.78, 5) is 0.706. The monoisotopic (exact) mass is 382 g/mol. The zero-order valence-corrected chi connectivity index (χ0v) is 16.2. The smallest absolute Gasteiger partial charge is 0.235 e. The van der Waals surface area contributed by atoms with Crippen molar-refractivity contribution in [1.82, 2.24) is 19.8 Å². The van der Waals surface area contributed by atoms with Crippen LogP contribution in [0.2, 0.25) is 0 Å². The molecule has 138 valence electrons. The fraction of sp³-hybridized carbons (Fsp3) is 0.211. The number of aromatic nitrogens is 4. The molecule has 4 aromatic rings. The highest BCUT2D eigenvalue weighted by molar-refractivity contribution is 7.19. The van der Waals surface area contributed by atoms with Gasteiger partial charge in [-0.2, -0.15) is 9.61 Å². The molecule has 27 heavy (non-hydrogen) atoms. The summed E-state index contributed by atoms with van der Waals surface area (Å²) in [5.74, 6) is 2.19. The lowest BCUT2D eigenvalue weighted by Crippen LogP contribution is -1.99. The third-order valence-electron chi connectivity index (χ3n) is 4.23. The van der Waals surface area contributed by atoms with Gasteiger partial charge in [-0.3, -0.25) is 0 Å². The van der Waals surface area contributed by atoms with Crippen LogP contribution in [-0.2, 0) is 0 Å². The second kappa shape index (κ2) is 6.88. The highest BCUT2D eigenvalue weighted by atomic mass is 32.1. The highest BCUT2D eigenvalue weighted by Gasteiger charge is 2.22. The van der Waals surface area contributed by atoms with E-state index in [1.165, 1.54) is 16.9 Å². The van der Waals surface area contributed by atoms with Crippen LogP contribution in [0.25, 0.3) is 26.9 Å². The van der Waals surface area contributed by atoms with Crippen LogP contribution in [0.1, 0.15) is 5.56 Å². The Morgan fingerprint density at radius 3 is 2.26 bits per heavy atom. The molecule has 0 aliphatic carbocycles. The van der Waals surface area contributed by atoms with E-state index >= 15 is 0 Å². The van der Waals surface area contributed by atoms with Gasteiger partial charge in [-0.15, -0.1) is 10.2 Å². The van der Waals surface area contributed by atoms with Gasteiger partial charge in [0.05, 0.1) is 26.9 Å². The number of benzene rings is 2. The number of nitrogens with zero attached hydrogens (tertiary/aromatic N) is 4. The molecule has 0 bridgehead atoms. The molecule has 8 heteroatoms. The Morgan fingerprint density at radius 1 is 0.852 bits per heavy atom. The van der Waals surface area contributed by atoms with Crippen LogP contribution in [0, 0.1) is 6.92 Å². The molecule has 2 heterocycles. The lowest BCUT2D eigenvalue weighted by Gasteiger charge is -2.14. The first-order valence-electron chi connectivity index (χ1n) is 8.25. The van der Waals surface area contributed by atoms with Gasteiger partial charge in [-0.25, -0.2) is 0 Å². The molecule has 0 unspecified atom stereocenters. The highest BCUT2D eigenvalue weighted by Crippen LogP contribution is 2.44. The van der Waals surface area contributed by atoms with Crippen LogP contribution >= 0.6 is 11.3 Å². The van der Waals surface area contributed by atoms with Crippen molar-refractivity contribution in [2.24, 2.45) is 0 Å². The standard InChI is InChI=1S/C19H18N4O3S/c1-11-5-7-12(8-6-11)18-22-23-17(20-21-19(23)27-18)13-9-10-14(24-2)16(26-4)15(13)25-3/h5-10H,1-4H3. The van der Waals surface area contributed by atoms with Crippen LogP contribution in [0.3, 0.4) is 0 Å². The van der Waals surface area contributed by atoms with Gasteiger partial charge in [0.15, 0.2) is 17.3 Å². The minimum absolute atomic E-state index is 0.503. The molecule has 0 N–H and O–H groups in total. The van der Waals surface area contributed by atoms with Crippen molar-refractivity contribution in [1.29, 1.82) is 0 Å². The quantitative estimate of drug-likeness (QED) is 0.522. The van der Waals surface area contributed by atoms with Crippen molar-refractivity contribution < 1.29 is 14.2 Å². The van der Waals surface area contributed by atoms with E-state index in [9.17, 15) is 0 Å². The summed E-state index contributed by atoms with van der Waals surface area (Å²) in [5, 5.41) is 14.2. The van der Waals surface area contributed by atoms with E-state index in [-0.39, 0.29) is 0 Å². The topological polar surface area (TPSA) is 70.8 Å².